The number of rotatable bonds is 5. The average molecular weight is 448 g/mol. The van der Waals surface area contributed by atoms with Crippen molar-refractivity contribution in [3.05, 3.63) is 77.8 Å². The molecule has 1 N–H and O–H groups in total. The molecule has 0 bridgehead atoms. The van der Waals surface area contributed by atoms with Crippen LogP contribution in [0.3, 0.4) is 0 Å². The predicted octanol–water partition coefficient (Wildman–Crippen LogP) is 5.04. The number of pyridine rings is 1. The number of nitrogens with one attached hydrogen (secondary N) is 1. The molecular formula is C25H25N3O3S. The van der Waals surface area contributed by atoms with Crippen LogP contribution in [-0.2, 0) is 4.74 Å². The molecule has 32 heavy (non-hydrogen) atoms. The van der Waals surface area contributed by atoms with Gasteiger partial charge in [0, 0.05) is 17.8 Å². The van der Waals surface area contributed by atoms with Gasteiger partial charge in [-0.1, -0.05) is 37.1 Å². The first-order valence-electron chi connectivity index (χ1n) is 10.9. The van der Waals surface area contributed by atoms with E-state index in [-0.39, 0.29) is 18.1 Å². The first kappa shape index (κ1) is 20.7. The zero-order chi connectivity index (χ0) is 22.1. The summed E-state index contributed by atoms with van der Waals surface area (Å²) in [5.41, 5.74) is 2.11. The van der Waals surface area contributed by atoms with Gasteiger partial charge in [0.15, 0.2) is 5.11 Å². The number of ether oxygens (including phenoxy) is 1. The fourth-order valence-corrected chi connectivity index (χ4v) is 5.28. The van der Waals surface area contributed by atoms with Gasteiger partial charge in [-0.15, -0.1) is 0 Å². The van der Waals surface area contributed by atoms with E-state index in [1.807, 2.05) is 48.5 Å². The summed E-state index contributed by atoms with van der Waals surface area (Å²) in [5, 5.41) is 4.24. The second kappa shape index (κ2) is 8.74. The fourth-order valence-electron chi connectivity index (χ4n) is 4.89. The molecule has 0 spiro atoms. The molecule has 5 rings (SSSR count). The van der Waals surface area contributed by atoms with Crippen LogP contribution in [0.25, 0.3) is 11.3 Å². The maximum Gasteiger partial charge on any atom is 0.338 e. The molecule has 7 heteroatoms. The van der Waals surface area contributed by atoms with Crippen LogP contribution >= 0.6 is 12.2 Å². The van der Waals surface area contributed by atoms with Gasteiger partial charge >= 0.3 is 5.97 Å². The minimum absolute atomic E-state index is 0.112. The van der Waals surface area contributed by atoms with Crippen LogP contribution in [0.1, 0.15) is 59.6 Å². The molecule has 1 aliphatic heterocycles. The van der Waals surface area contributed by atoms with Gasteiger partial charge in [0.1, 0.15) is 17.6 Å². The standard InChI is InChI=1S/C25H25N3O3S/c1-30-24(29)18-11-5-4-10-17(18)20-13-14-21(31-20)23-22(19-12-6-7-15-26-19)27-25(32)28(23)16-8-2-3-9-16/h4-7,10-16,22-23H,2-3,8-9H2,1H3,(H,27,32)/t22-,23+/m0/s1. The highest BCUT2D eigenvalue weighted by molar-refractivity contribution is 7.80. The monoisotopic (exact) mass is 447 g/mol. The lowest BCUT2D eigenvalue weighted by Gasteiger charge is -2.31. The molecule has 1 saturated carbocycles. The van der Waals surface area contributed by atoms with Gasteiger partial charge < -0.3 is 19.4 Å². The molecule has 164 valence electrons. The van der Waals surface area contributed by atoms with E-state index in [0.29, 0.717) is 22.9 Å². The van der Waals surface area contributed by atoms with Gasteiger partial charge in [-0.25, -0.2) is 4.79 Å². The third kappa shape index (κ3) is 3.66. The Morgan fingerprint density at radius 3 is 2.66 bits per heavy atom. The Balaban J connectivity index is 1.56. The molecule has 6 nitrogen and oxygen atoms in total. The Kier molecular flexibility index (Phi) is 5.66. The SMILES string of the molecule is COC(=O)c1ccccc1-c1ccc([C@@H]2[C@H](c3ccccn3)NC(=S)N2C2CCCC2)o1. The first-order valence-corrected chi connectivity index (χ1v) is 11.4. The number of carbonyl (C=O) groups excluding carboxylic acids is 1. The maximum atomic E-state index is 12.3. The number of esters is 1. The molecule has 2 fully saturated rings. The highest BCUT2D eigenvalue weighted by Crippen LogP contribution is 2.44. The Labute approximate surface area is 192 Å². The number of benzene rings is 1. The molecule has 1 saturated heterocycles. The first-order chi connectivity index (χ1) is 15.7. The van der Waals surface area contributed by atoms with Crippen molar-refractivity contribution in [2.45, 2.75) is 43.8 Å². The smallest absolute Gasteiger partial charge is 0.338 e. The molecular weight excluding hydrogens is 422 g/mol. The van der Waals surface area contributed by atoms with Gasteiger partial charge in [-0.2, -0.15) is 0 Å². The summed E-state index contributed by atoms with van der Waals surface area (Å²) >= 11 is 5.79. The van der Waals surface area contributed by atoms with Crippen molar-refractivity contribution in [2.75, 3.05) is 7.11 Å². The van der Waals surface area contributed by atoms with Gasteiger partial charge in [-0.05, 0) is 55.4 Å². The van der Waals surface area contributed by atoms with Crippen LogP contribution in [0.2, 0.25) is 0 Å². The topological polar surface area (TPSA) is 67.6 Å². The summed E-state index contributed by atoms with van der Waals surface area (Å²) < 4.78 is 11.4. The minimum atomic E-state index is -0.388. The number of hydrogen-bond acceptors (Lipinski definition) is 5. The Morgan fingerprint density at radius 1 is 1.12 bits per heavy atom. The van der Waals surface area contributed by atoms with Crippen molar-refractivity contribution in [3.63, 3.8) is 0 Å². The molecule has 0 unspecified atom stereocenters. The summed E-state index contributed by atoms with van der Waals surface area (Å²) in [5.74, 6) is 1.04. The highest BCUT2D eigenvalue weighted by Gasteiger charge is 2.45. The summed E-state index contributed by atoms with van der Waals surface area (Å²) in [6.07, 6.45) is 6.45. The summed E-state index contributed by atoms with van der Waals surface area (Å²) in [4.78, 5) is 19.2. The van der Waals surface area contributed by atoms with Gasteiger partial charge in [0.2, 0.25) is 0 Å². The highest BCUT2D eigenvalue weighted by atomic mass is 32.1. The number of methoxy groups -OCH3 is 1. The largest absolute Gasteiger partial charge is 0.465 e. The third-order valence-electron chi connectivity index (χ3n) is 6.37. The Morgan fingerprint density at radius 2 is 1.91 bits per heavy atom. The van der Waals surface area contributed by atoms with E-state index in [9.17, 15) is 4.79 Å². The molecule has 3 heterocycles. The van der Waals surface area contributed by atoms with Crippen LogP contribution in [0.5, 0.6) is 0 Å². The van der Waals surface area contributed by atoms with E-state index >= 15 is 0 Å². The van der Waals surface area contributed by atoms with Crippen molar-refractivity contribution in [1.29, 1.82) is 0 Å². The molecule has 2 aliphatic rings. The summed E-state index contributed by atoms with van der Waals surface area (Å²) in [7, 11) is 1.38. The lowest BCUT2D eigenvalue weighted by molar-refractivity contribution is 0.0601. The van der Waals surface area contributed by atoms with Crippen LogP contribution in [-0.4, -0.2) is 34.1 Å². The van der Waals surface area contributed by atoms with Crippen LogP contribution < -0.4 is 5.32 Å². The van der Waals surface area contributed by atoms with Gasteiger partial charge in [0.05, 0.1) is 24.4 Å². The van der Waals surface area contributed by atoms with Crippen LogP contribution in [0.4, 0.5) is 0 Å². The lowest BCUT2D eigenvalue weighted by atomic mass is 10.0. The van der Waals surface area contributed by atoms with E-state index in [1.165, 1.54) is 20.0 Å². The fraction of sp³-hybridized carbons (Fsp3) is 0.320. The molecule has 2 atom stereocenters. The average Bonchev–Trinajstić information content (AvgIpc) is 3.58. The summed E-state index contributed by atoms with van der Waals surface area (Å²) in [6.45, 7) is 0. The molecule has 0 radical (unpaired) electrons. The van der Waals surface area contributed by atoms with Crippen molar-refractivity contribution in [2.24, 2.45) is 0 Å². The van der Waals surface area contributed by atoms with Gasteiger partial charge in [0.25, 0.3) is 0 Å². The lowest BCUT2D eigenvalue weighted by Crippen LogP contribution is -2.37. The second-order valence-electron chi connectivity index (χ2n) is 8.21. The van der Waals surface area contributed by atoms with Crippen molar-refractivity contribution < 1.29 is 13.9 Å². The van der Waals surface area contributed by atoms with E-state index in [4.69, 9.17) is 21.4 Å². The van der Waals surface area contributed by atoms with E-state index in [2.05, 4.69) is 15.2 Å². The summed E-state index contributed by atoms with van der Waals surface area (Å²) in [6, 6.07) is 17.3. The normalized spacial score (nSPS) is 21.0. The zero-order valence-electron chi connectivity index (χ0n) is 17.9. The van der Waals surface area contributed by atoms with Crippen molar-refractivity contribution >= 4 is 23.3 Å². The van der Waals surface area contributed by atoms with E-state index in [1.54, 1.807) is 12.3 Å². The number of nitrogens with zero attached hydrogens (tertiary/aromatic N) is 2. The minimum Gasteiger partial charge on any atom is -0.465 e. The van der Waals surface area contributed by atoms with Crippen LogP contribution in [0.15, 0.2) is 65.2 Å². The Bertz CT molecular complexity index is 1120. The quantitative estimate of drug-likeness (QED) is 0.434. The molecule has 0 amide bonds. The number of hydrogen-bond donors (Lipinski definition) is 1. The van der Waals surface area contributed by atoms with Crippen molar-refractivity contribution in [3.8, 4) is 11.3 Å². The molecule has 2 aromatic heterocycles. The zero-order valence-corrected chi connectivity index (χ0v) is 18.7. The Hall–Kier alpha value is -3.19. The van der Waals surface area contributed by atoms with E-state index in [0.717, 1.165) is 29.4 Å². The van der Waals surface area contributed by atoms with Crippen LogP contribution in [0, 0.1) is 0 Å². The maximum absolute atomic E-state index is 12.3. The van der Waals surface area contributed by atoms with Crippen molar-refractivity contribution in [1.82, 2.24) is 15.2 Å². The number of aromatic nitrogens is 1. The van der Waals surface area contributed by atoms with E-state index < -0.39 is 0 Å². The number of thiocarbonyl (C=S) groups is 1. The van der Waals surface area contributed by atoms with Gasteiger partial charge in [-0.3, -0.25) is 4.98 Å². The third-order valence-corrected chi connectivity index (χ3v) is 6.70. The molecule has 1 aromatic carbocycles. The molecule has 1 aliphatic carbocycles. The predicted molar refractivity (Wildman–Crippen MR) is 125 cm³/mol. The number of carbonyl (C=O) groups is 1. The molecule has 3 aromatic rings. The number of furan rings is 1. The second-order valence-corrected chi connectivity index (χ2v) is 8.60.